The predicted octanol–water partition coefficient (Wildman–Crippen LogP) is -0.569. The second kappa shape index (κ2) is 6.15. The molecular weight excluding hydrogens is 234 g/mol. The molecular formula is C12H23N3O3. The molecule has 1 fully saturated rings. The Hall–Kier alpha value is -1.14. The second-order valence-corrected chi connectivity index (χ2v) is 4.88. The maximum absolute atomic E-state index is 12.4. The lowest BCUT2D eigenvalue weighted by atomic mass is 9.89. The van der Waals surface area contributed by atoms with Gasteiger partial charge in [0.05, 0.1) is 12.1 Å². The first-order chi connectivity index (χ1) is 8.40. The molecule has 0 unspecified atom stereocenters. The molecule has 0 bridgehead atoms. The first-order valence-electron chi connectivity index (χ1n) is 6.27. The van der Waals surface area contributed by atoms with Crippen molar-refractivity contribution in [2.24, 2.45) is 5.73 Å². The molecule has 0 atom stereocenters. The summed E-state index contributed by atoms with van der Waals surface area (Å²) in [7, 11) is 3.35. The number of carbonyl (C=O) groups is 2. The van der Waals surface area contributed by atoms with Crippen molar-refractivity contribution in [3.8, 4) is 0 Å². The van der Waals surface area contributed by atoms with Crippen LogP contribution in [0.5, 0.6) is 0 Å². The molecule has 0 aromatic rings. The van der Waals surface area contributed by atoms with E-state index in [0.717, 1.165) is 0 Å². The third kappa shape index (κ3) is 3.43. The van der Waals surface area contributed by atoms with E-state index in [1.54, 1.807) is 14.1 Å². The van der Waals surface area contributed by atoms with Gasteiger partial charge in [0, 0.05) is 33.9 Å². The van der Waals surface area contributed by atoms with Gasteiger partial charge in [0.25, 0.3) is 0 Å². The van der Waals surface area contributed by atoms with Crippen LogP contribution in [0.3, 0.4) is 0 Å². The Kier molecular flexibility index (Phi) is 5.10. The molecule has 6 nitrogen and oxygen atoms in total. The van der Waals surface area contributed by atoms with E-state index in [2.05, 4.69) is 0 Å². The number of hydrogen-bond acceptors (Lipinski definition) is 4. The number of carbonyl (C=O) groups excluding carboxylic acids is 2. The Morgan fingerprint density at radius 1 is 1.28 bits per heavy atom. The summed E-state index contributed by atoms with van der Waals surface area (Å²) in [5.41, 5.74) is 5.26. The lowest BCUT2D eigenvalue weighted by Crippen LogP contribution is -2.59. The maximum atomic E-state index is 12.4. The Bertz CT molecular complexity index is 312. The first kappa shape index (κ1) is 14.9. The lowest BCUT2D eigenvalue weighted by molar-refractivity contribution is -0.145. The molecule has 2 amide bonds. The van der Waals surface area contributed by atoms with Gasteiger partial charge in [-0.25, -0.2) is 0 Å². The highest BCUT2D eigenvalue weighted by Gasteiger charge is 2.39. The van der Waals surface area contributed by atoms with Crippen LogP contribution in [0, 0.1) is 0 Å². The zero-order valence-electron chi connectivity index (χ0n) is 11.4. The van der Waals surface area contributed by atoms with Gasteiger partial charge >= 0.3 is 0 Å². The van der Waals surface area contributed by atoms with E-state index in [4.69, 9.17) is 10.5 Å². The highest BCUT2D eigenvalue weighted by atomic mass is 16.5. The highest BCUT2D eigenvalue weighted by molar-refractivity contribution is 5.90. The van der Waals surface area contributed by atoms with E-state index in [9.17, 15) is 9.59 Å². The van der Waals surface area contributed by atoms with Crippen molar-refractivity contribution in [3.63, 3.8) is 0 Å². The van der Waals surface area contributed by atoms with Crippen molar-refractivity contribution in [3.05, 3.63) is 0 Å². The van der Waals surface area contributed by atoms with Crippen LogP contribution >= 0.6 is 0 Å². The molecule has 0 aromatic heterocycles. The fraction of sp³-hybridized carbons (Fsp3) is 0.833. The minimum absolute atomic E-state index is 0.0855. The number of rotatable bonds is 4. The summed E-state index contributed by atoms with van der Waals surface area (Å²) in [6.45, 7) is 3.42. The number of hydrogen-bond donors (Lipinski definition) is 1. The van der Waals surface area contributed by atoms with Crippen LogP contribution < -0.4 is 5.73 Å². The third-order valence-corrected chi connectivity index (χ3v) is 3.30. The van der Waals surface area contributed by atoms with Gasteiger partial charge in [0.15, 0.2) is 0 Å². The summed E-state index contributed by atoms with van der Waals surface area (Å²) < 4.78 is 5.22. The zero-order chi connectivity index (χ0) is 13.8. The van der Waals surface area contributed by atoms with Crippen molar-refractivity contribution >= 4 is 11.8 Å². The van der Waals surface area contributed by atoms with Gasteiger partial charge in [-0.2, -0.15) is 0 Å². The van der Waals surface area contributed by atoms with Gasteiger partial charge in [-0.15, -0.1) is 0 Å². The van der Waals surface area contributed by atoms with Crippen molar-refractivity contribution in [2.75, 3.05) is 40.4 Å². The largest absolute Gasteiger partial charge is 0.381 e. The quantitative estimate of drug-likeness (QED) is 0.732. The maximum Gasteiger partial charge on any atom is 0.243 e. The Morgan fingerprint density at radius 3 is 2.28 bits per heavy atom. The van der Waals surface area contributed by atoms with E-state index in [1.807, 2.05) is 6.92 Å². The van der Waals surface area contributed by atoms with Gasteiger partial charge in [-0.05, 0) is 19.8 Å². The van der Waals surface area contributed by atoms with Crippen LogP contribution in [0.25, 0.3) is 0 Å². The van der Waals surface area contributed by atoms with Crippen LogP contribution in [0.1, 0.15) is 19.8 Å². The molecule has 2 N–H and O–H groups in total. The molecule has 0 spiro atoms. The molecule has 18 heavy (non-hydrogen) atoms. The molecule has 0 saturated carbocycles. The van der Waals surface area contributed by atoms with Crippen LogP contribution in [0.4, 0.5) is 0 Å². The smallest absolute Gasteiger partial charge is 0.243 e. The molecule has 1 heterocycles. The summed E-state index contributed by atoms with van der Waals surface area (Å²) in [6, 6.07) is 0. The first-order valence-corrected chi connectivity index (χ1v) is 6.27. The normalized spacial score (nSPS) is 18.2. The number of ether oxygens (including phenoxy) is 1. The summed E-state index contributed by atoms with van der Waals surface area (Å²) in [5, 5.41) is 0. The topological polar surface area (TPSA) is 75.9 Å². The molecule has 1 aliphatic rings. The van der Waals surface area contributed by atoms with E-state index < -0.39 is 5.54 Å². The number of nitrogens with zero attached hydrogens (tertiary/aromatic N) is 2. The third-order valence-electron chi connectivity index (χ3n) is 3.30. The molecule has 6 heteroatoms. The van der Waals surface area contributed by atoms with Crippen LogP contribution in [-0.2, 0) is 14.3 Å². The molecule has 0 radical (unpaired) electrons. The van der Waals surface area contributed by atoms with Gasteiger partial charge in [0.2, 0.25) is 11.8 Å². The minimum atomic E-state index is -0.874. The monoisotopic (exact) mass is 257 g/mol. The summed E-state index contributed by atoms with van der Waals surface area (Å²) in [4.78, 5) is 27.1. The molecule has 104 valence electrons. The fourth-order valence-corrected chi connectivity index (χ4v) is 1.90. The van der Waals surface area contributed by atoms with E-state index >= 15 is 0 Å². The molecule has 1 saturated heterocycles. The van der Waals surface area contributed by atoms with E-state index in [-0.39, 0.29) is 18.4 Å². The fourth-order valence-electron chi connectivity index (χ4n) is 1.90. The Labute approximate surface area is 108 Å². The average Bonchev–Trinajstić information content (AvgIpc) is 2.35. The predicted molar refractivity (Wildman–Crippen MR) is 67.9 cm³/mol. The van der Waals surface area contributed by atoms with Crippen molar-refractivity contribution < 1.29 is 14.3 Å². The van der Waals surface area contributed by atoms with Crippen molar-refractivity contribution in [1.82, 2.24) is 9.80 Å². The van der Waals surface area contributed by atoms with Crippen LogP contribution in [0.2, 0.25) is 0 Å². The summed E-state index contributed by atoms with van der Waals surface area (Å²) in [5.74, 6) is -0.246. The van der Waals surface area contributed by atoms with E-state index in [1.165, 1.54) is 9.80 Å². The number of likely N-dealkylation sites (N-methyl/N-ethyl adjacent to an activating group) is 2. The average molecular weight is 257 g/mol. The van der Waals surface area contributed by atoms with Gasteiger partial charge in [-0.3, -0.25) is 9.59 Å². The standard InChI is InChI=1S/C12H23N3O3/c1-4-15(9-10(16)14(2)3)11(17)12(13)5-7-18-8-6-12/h4-9,13H2,1-3H3. The second-order valence-electron chi connectivity index (χ2n) is 4.88. The zero-order valence-corrected chi connectivity index (χ0v) is 11.4. The molecule has 1 rings (SSSR count). The van der Waals surface area contributed by atoms with Crippen molar-refractivity contribution in [2.45, 2.75) is 25.3 Å². The van der Waals surface area contributed by atoms with E-state index in [0.29, 0.717) is 32.6 Å². The van der Waals surface area contributed by atoms with Crippen LogP contribution in [0.15, 0.2) is 0 Å². The Morgan fingerprint density at radius 2 is 1.83 bits per heavy atom. The molecule has 0 aliphatic carbocycles. The van der Waals surface area contributed by atoms with Crippen molar-refractivity contribution in [1.29, 1.82) is 0 Å². The molecule has 1 aliphatic heterocycles. The highest BCUT2D eigenvalue weighted by Crippen LogP contribution is 2.20. The SMILES string of the molecule is CCN(CC(=O)N(C)C)C(=O)C1(N)CCOCC1. The van der Waals surface area contributed by atoms with Gasteiger partial charge < -0.3 is 20.3 Å². The summed E-state index contributed by atoms with van der Waals surface area (Å²) >= 11 is 0. The lowest BCUT2D eigenvalue weighted by Gasteiger charge is -2.36. The minimum Gasteiger partial charge on any atom is -0.381 e. The van der Waals surface area contributed by atoms with Gasteiger partial charge in [0.1, 0.15) is 0 Å². The number of amides is 2. The molecule has 0 aromatic carbocycles. The van der Waals surface area contributed by atoms with Crippen LogP contribution in [-0.4, -0.2) is 67.6 Å². The van der Waals surface area contributed by atoms with Gasteiger partial charge in [-0.1, -0.05) is 0 Å². The number of nitrogens with two attached hydrogens (primary N) is 1. The Balaban J connectivity index is 2.69. The summed E-state index contributed by atoms with van der Waals surface area (Å²) in [6.07, 6.45) is 1.02.